The maximum atomic E-state index is 13.0. The molecular formula is C21H28N4O4S. The van der Waals surface area contributed by atoms with Crippen LogP contribution in [-0.2, 0) is 14.8 Å². The molecule has 0 aliphatic carbocycles. The summed E-state index contributed by atoms with van der Waals surface area (Å²) in [5.41, 5.74) is 1.78. The number of amides is 2. The Hall–Kier alpha value is -2.65. The number of aryl methyl sites for hydroxylation is 2. The van der Waals surface area contributed by atoms with Crippen LogP contribution < -0.4 is 10.0 Å². The fourth-order valence-electron chi connectivity index (χ4n) is 3.72. The first kappa shape index (κ1) is 22.0. The number of benzene rings is 1. The number of piperidine rings is 1. The van der Waals surface area contributed by atoms with E-state index in [-0.39, 0.29) is 35.2 Å². The molecular weight excluding hydrogens is 404 g/mol. The largest absolute Gasteiger partial charge is 0.361 e. The summed E-state index contributed by atoms with van der Waals surface area (Å²) in [4.78, 5) is 29.8. The number of hydrogen-bond acceptors (Lipinski definition) is 4. The minimum Gasteiger partial charge on any atom is -0.361 e. The number of anilines is 1. The number of rotatable bonds is 7. The van der Waals surface area contributed by atoms with Crippen LogP contribution in [0.4, 0.5) is 5.69 Å². The van der Waals surface area contributed by atoms with E-state index in [1.807, 2.05) is 6.07 Å². The number of likely N-dealkylation sites (tertiary alicyclic amines) is 1. The maximum Gasteiger partial charge on any atom is 0.257 e. The van der Waals surface area contributed by atoms with Gasteiger partial charge in [-0.05, 0) is 45.2 Å². The highest BCUT2D eigenvalue weighted by Crippen LogP contribution is 2.26. The maximum absolute atomic E-state index is 13.0. The van der Waals surface area contributed by atoms with E-state index >= 15 is 0 Å². The van der Waals surface area contributed by atoms with E-state index in [0.29, 0.717) is 30.2 Å². The van der Waals surface area contributed by atoms with Gasteiger partial charge in [-0.3, -0.25) is 9.59 Å². The number of nitrogens with zero attached hydrogens (tertiary/aromatic N) is 1. The van der Waals surface area contributed by atoms with Crippen LogP contribution in [0.5, 0.6) is 0 Å². The number of carbonyl (C=O) groups is 2. The standard InChI is InChI=1S/C21H28N4O4S/c1-15-19(21(27)25-13-7-4-8-14-25)20(16(2)23-15)30(28,29)22-12-11-18(26)24-17-9-5-3-6-10-17/h3,5-6,9-10,22-23H,4,7-8,11-14H2,1-2H3,(H,24,26). The Kier molecular flexibility index (Phi) is 6.94. The summed E-state index contributed by atoms with van der Waals surface area (Å²) < 4.78 is 28.4. The number of nitrogens with one attached hydrogen (secondary N) is 3. The van der Waals surface area contributed by atoms with Crippen LogP contribution in [-0.4, -0.2) is 49.8 Å². The van der Waals surface area contributed by atoms with Crippen molar-refractivity contribution in [1.82, 2.24) is 14.6 Å². The fourth-order valence-corrected chi connectivity index (χ4v) is 5.20. The van der Waals surface area contributed by atoms with E-state index in [2.05, 4.69) is 15.0 Å². The van der Waals surface area contributed by atoms with Gasteiger partial charge in [0.15, 0.2) is 0 Å². The van der Waals surface area contributed by atoms with Crippen molar-refractivity contribution in [2.24, 2.45) is 0 Å². The highest BCUT2D eigenvalue weighted by molar-refractivity contribution is 7.89. The van der Waals surface area contributed by atoms with Gasteiger partial charge in [-0.15, -0.1) is 0 Å². The molecule has 0 unspecified atom stereocenters. The zero-order valence-electron chi connectivity index (χ0n) is 17.3. The van der Waals surface area contributed by atoms with Gasteiger partial charge in [-0.1, -0.05) is 18.2 Å². The summed E-state index contributed by atoms with van der Waals surface area (Å²) >= 11 is 0. The molecule has 0 spiro atoms. The van der Waals surface area contributed by atoms with Gasteiger partial charge in [0.05, 0.1) is 5.56 Å². The van der Waals surface area contributed by atoms with E-state index < -0.39 is 10.0 Å². The molecule has 1 fully saturated rings. The minimum absolute atomic E-state index is 0.0218. The predicted octanol–water partition coefficient (Wildman–Crippen LogP) is 2.56. The molecule has 9 heteroatoms. The third kappa shape index (κ3) is 5.09. The Bertz CT molecular complexity index is 1010. The van der Waals surface area contributed by atoms with Crippen molar-refractivity contribution in [2.75, 3.05) is 25.0 Å². The van der Waals surface area contributed by atoms with Gasteiger partial charge in [0.1, 0.15) is 4.90 Å². The van der Waals surface area contributed by atoms with Crippen molar-refractivity contribution in [3.63, 3.8) is 0 Å². The first-order chi connectivity index (χ1) is 14.3. The molecule has 0 atom stereocenters. The van der Waals surface area contributed by atoms with Gasteiger partial charge in [0.25, 0.3) is 5.91 Å². The zero-order valence-corrected chi connectivity index (χ0v) is 18.1. The lowest BCUT2D eigenvalue weighted by Gasteiger charge is -2.27. The molecule has 0 saturated carbocycles. The lowest BCUT2D eigenvalue weighted by Crippen LogP contribution is -2.37. The average Bonchev–Trinajstić information content (AvgIpc) is 3.03. The smallest absolute Gasteiger partial charge is 0.257 e. The number of hydrogen-bond donors (Lipinski definition) is 3. The number of aromatic nitrogens is 1. The van der Waals surface area contributed by atoms with Gasteiger partial charge < -0.3 is 15.2 Å². The van der Waals surface area contributed by atoms with Crippen LogP contribution in [0, 0.1) is 13.8 Å². The molecule has 8 nitrogen and oxygen atoms in total. The molecule has 2 amide bonds. The number of H-pyrrole nitrogens is 1. The van der Waals surface area contributed by atoms with Crippen LogP contribution in [0.2, 0.25) is 0 Å². The molecule has 0 bridgehead atoms. The molecule has 30 heavy (non-hydrogen) atoms. The van der Waals surface area contributed by atoms with Crippen LogP contribution in [0.25, 0.3) is 0 Å². The minimum atomic E-state index is -3.96. The second-order valence-electron chi connectivity index (χ2n) is 7.49. The van der Waals surface area contributed by atoms with Gasteiger partial charge in [-0.25, -0.2) is 13.1 Å². The highest BCUT2D eigenvalue weighted by atomic mass is 32.2. The summed E-state index contributed by atoms with van der Waals surface area (Å²) in [7, 11) is -3.96. The molecule has 2 aromatic rings. The quantitative estimate of drug-likeness (QED) is 0.624. The molecule has 1 saturated heterocycles. The van der Waals surface area contributed by atoms with Gasteiger partial charge in [0.2, 0.25) is 15.9 Å². The summed E-state index contributed by atoms with van der Waals surface area (Å²) in [5.74, 6) is -0.561. The first-order valence-corrected chi connectivity index (χ1v) is 11.6. The molecule has 0 radical (unpaired) electrons. The number of aromatic amines is 1. The number of carbonyl (C=O) groups excluding carboxylic acids is 2. The molecule has 3 N–H and O–H groups in total. The fraction of sp³-hybridized carbons (Fsp3) is 0.429. The van der Waals surface area contributed by atoms with Crippen LogP contribution in [0.15, 0.2) is 35.2 Å². The second kappa shape index (κ2) is 9.44. The Morgan fingerprint density at radius 1 is 1.03 bits per heavy atom. The van der Waals surface area contributed by atoms with E-state index in [4.69, 9.17) is 0 Å². The van der Waals surface area contributed by atoms with E-state index in [9.17, 15) is 18.0 Å². The van der Waals surface area contributed by atoms with Crippen LogP contribution in [0.1, 0.15) is 47.4 Å². The zero-order chi connectivity index (χ0) is 21.7. The molecule has 162 valence electrons. The Morgan fingerprint density at radius 3 is 2.37 bits per heavy atom. The van der Waals surface area contributed by atoms with Crippen molar-refractivity contribution in [3.05, 3.63) is 47.3 Å². The van der Waals surface area contributed by atoms with E-state index in [1.54, 1.807) is 43.0 Å². The molecule has 1 aliphatic heterocycles. The number of para-hydroxylation sites is 1. The average molecular weight is 433 g/mol. The van der Waals surface area contributed by atoms with Crippen molar-refractivity contribution < 1.29 is 18.0 Å². The summed E-state index contributed by atoms with van der Waals surface area (Å²) in [5, 5.41) is 2.72. The molecule has 1 aliphatic rings. The summed E-state index contributed by atoms with van der Waals surface area (Å²) in [6.45, 7) is 4.54. The summed E-state index contributed by atoms with van der Waals surface area (Å²) in [6, 6.07) is 8.96. The second-order valence-corrected chi connectivity index (χ2v) is 9.20. The summed E-state index contributed by atoms with van der Waals surface area (Å²) in [6.07, 6.45) is 2.90. The third-order valence-corrected chi connectivity index (χ3v) is 6.78. The lowest BCUT2D eigenvalue weighted by atomic mass is 10.1. The monoisotopic (exact) mass is 432 g/mol. The normalized spacial score (nSPS) is 14.5. The van der Waals surface area contributed by atoms with Gasteiger partial charge >= 0.3 is 0 Å². The Balaban J connectivity index is 1.69. The van der Waals surface area contributed by atoms with E-state index in [0.717, 1.165) is 19.3 Å². The lowest BCUT2D eigenvalue weighted by molar-refractivity contribution is -0.116. The first-order valence-electron chi connectivity index (χ1n) is 10.1. The van der Waals surface area contributed by atoms with Crippen LogP contribution >= 0.6 is 0 Å². The Labute approximate surface area is 177 Å². The number of sulfonamides is 1. The molecule has 3 rings (SSSR count). The van der Waals surface area contributed by atoms with Crippen molar-refractivity contribution >= 4 is 27.5 Å². The molecule has 2 heterocycles. The van der Waals surface area contributed by atoms with Crippen LogP contribution in [0.3, 0.4) is 0 Å². The van der Waals surface area contributed by atoms with Crippen molar-refractivity contribution in [3.8, 4) is 0 Å². The Morgan fingerprint density at radius 2 is 1.70 bits per heavy atom. The molecule has 1 aromatic carbocycles. The van der Waals surface area contributed by atoms with Crippen molar-refractivity contribution in [2.45, 2.75) is 44.4 Å². The van der Waals surface area contributed by atoms with Gasteiger partial charge in [-0.2, -0.15) is 0 Å². The van der Waals surface area contributed by atoms with E-state index in [1.165, 1.54) is 0 Å². The predicted molar refractivity (Wildman–Crippen MR) is 115 cm³/mol. The topological polar surface area (TPSA) is 111 Å². The molecule has 1 aromatic heterocycles. The third-order valence-electron chi connectivity index (χ3n) is 5.15. The SMILES string of the molecule is Cc1[nH]c(C)c(S(=O)(=O)NCCC(=O)Nc2ccccc2)c1C(=O)N1CCCCC1. The highest BCUT2D eigenvalue weighted by Gasteiger charge is 2.31. The van der Waals surface area contributed by atoms with Crippen molar-refractivity contribution in [1.29, 1.82) is 0 Å². The van der Waals surface area contributed by atoms with Gasteiger partial charge in [0, 0.05) is 43.1 Å².